The summed E-state index contributed by atoms with van der Waals surface area (Å²) < 4.78 is 5.37. The zero-order valence-electron chi connectivity index (χ0n) is 11.5. The lowest BCUT2D eigenvalue weighted by Gasteiger charge is -2.19. The van der Waals surface area contributed by atoms with Gasteiger partial charge in [-0.25, -0.2) is 9.97 Å². The summed E-state index contributed by atoms with van der Waals surface area (Å²) in [6, 6.07) is 8.15. The minimum Gasteiger partial charge on any atom is -0.478 e. The number of rotatable bonds is 4. The van der Waals surface area contributed by atoms with Gasteiger partial charge < -0.3 is 15.4 Å². The molecule has 0 saturated heterocycles. The molecule has 104 valence electrons. The molecule has 2 N–H and O–H groups in total. The molecule has 2 heterocycles. The van der Waals surface area contributed by atoms with Crippen molar-refractivity contribution in [3.63, 3.8) is 0 Å². The van der Waals surface area contributed by atoms with E-state index >= 15 is 0 Å². The molecule has 2 aromatic rings. The Morgan fingerprint density at radius 2 is 2.25 bits per heavy atom. The minimum atomic E-state index is 0.588. The lowest BCUT2D eigenvalue weighted by molar-refractivity contribution is 0.326. The summed E-state index contributed by atoms with van der Waals surface area (Å²) in [7, 11) is 0. The second-order valence-electron chi connectivity index (χ2n) is 4.70. The van der Waals surface area contributed by atoms with E-state index in [0.717, 1.165) is 24.5 Å². The van der Waals surface area contributed by atoms with Gasteiger partial charge in [-0.3, -0.25) is 0 Å². The Morgan fingerprint density at radius 1 is 1.30 bits per heavy atom. The fourth-order valence-corrected chi connectivity index (χ4v) is 2.34. The number of hydrogen-bond donors (Lipinski definition) is 2. The molecule has 1 aliphatic heterocycles. The smallest absolute Gasteiger partial charge is 0.218 e. The Bertz CT molecular complexity index is 600. The van der Waals surface area contributed by atoms with Crippen molar-refractivity contribution in [3.8, 4) is 5.88 Å². The summed E-state index contributed by atoms with van der Waals surface area (Å²) in [6.45, 7) is 3.59. The first-order chi connectivity index (χ1) is 9.85. The molecular formula is C15H18N4O. The van der Waals surface area contributed by atoms with E-state index < -0.39 is 0 Å². The summed E-state index contributed by atoms with van der Waals surface area (Å²) in [5.41, 5.74) is 3.62. The van der Waals surface area contributed by atoms with Gasteiger partial charge in [-0.15, -0.1) is 0 Å². The SMILES string of the molecule is CCOc1cc(Nc2ccc3c(c2)CCCN3)ncn1. The van der Waals surface area contributed by atoms with Crippen LogP contribution in [0.4, 0.5) is 17.2 Å². The van der Waals surface area contributed by atoms with Gasteiger partial charge >= 0.3 is 0 Å². The van der Waals surface area contributed by atoms with E-state index in [1.807, 2.05) is 6.92 Å². The summed E-state index contributed by atoms with van der Waals surface area (Å²) in [4.78, 5) is 8.27. The van der Waals surface area contributed by atoms with Crippen molar-refractivity contribution >= 4 is 17.2 Å². The molecule has 0 atom stereocenters. The maximum Gasteiger partial charge on any atom is 0.218 e. The predicted octanol–water partition coefficient (Wildman–Crippen LogP) is 2.98. The van der Waals surface area contributed by atoms with E-state index in [9.17, 15) is 0 Å². The Hall–Kier alpha value is -2.30. The average molecular weight is 270 g/mol. The zero-order chi connectivity index (χ0) is 13.8. The fraction of sp³-hybridized carbons (Fsp3) is 0.333. The van der Waals surface area contributed by atoms with Gasteiger partial charge in [-0.2, -0.15) is 0 Å². The highest BCUT2D eigenvalue weighted by molar-refractivity contribution is 5.64. The number of nitrogens with zero attached hydrogens (tertiary/aromatic N) is 2. The van der Waals surface area contributed by atoms with Crippen LogP contribution >= 0.6 is 0 Å². The number of aromatic nitrogens is 2. The van der Waals surface area contributed by atoms with Crippen molar-refractivity contribution in [1.82, 2.24) is 9.97 Å². The lowest BCUT2D eigenvalue weighted by Crippen LogP contribution is -2.11. The quantitative estimate of drug-likeness (QED) is 0.894. The number of nitrogens with one attached hydrogen (secondary N) is 2. The summed E-state index contributed by atoms with van der Waals surface area (Å²) in [5, 5.41) is 6.70. The molecule has 0 amide bonds. The Morgan fingerprint density at radius 3 is 3.15 bits per heavy atom. The first kappa shape index (κ1) is 12.7. The highest BCUT2D eigenvalue weighted by atomic mass is 16.5. The van der Waals surface area contributed by atoms with Gasteiger partial charge in [0, 0.05) is 24.0 Å². The van der Waals surface area contributed by atoms with E-state index in [0.29, 0.717) is 12.5 Å². The molecule has 5 nitrogen and oxygen atoms in total. The van der Waals surface area contributed by atoms with Gasteiger partial charge in [-0.05, 0) is 43.5 Å². The molecule has 20 heavy (non-hydrogen) atoms. The normalized spacial score (nSPS) is 13.2. The van der Waals surface area contributed by atoms with Crippen LogP contribution in [-0.2, 0) is 6.42 Å². The second-order valence-corrected chi connectivity index (χ2v) is 4.70. The molecular weight excluding hydrogens is 252 g/mol. The van der Waals surface area contributed by atoms with Crippen LogP contribution in [0.2, 0.25) is 0 Å². The average Bonchev–Trinajstić information content (AvgIpc) is 2.48. The molecule has 1 aromatic carbocycles. The van der Waals surface area contributed by atoms with Gasteiger partial charge in [-0.1, -0.05) is 0 Å². The highest BCUT2D eigenvalue weighted by Crippen LogP contribution is 2.26. The van der Waals surface area contributed by atoms with Crippen LogP contribution in [0.5, 0.6) is 5.88 Å². The largest absolute Gasteiger partial charge is 0.478 e. The molecule has 0 spiro atoms. The van der Waals surface area contributed by atoms with Crippen molar-refractivity contribution in [2.45, 2.75) is 19.8 Å². The highest BCUT2D eigenvalue weighted by Gasteiger charge is 2.09. The topological polar surface area (TPSA) is 59.1 Å². The van der Waals surface area contributed by atoms with Gasteiger partial charge in [0.1, 0.15) is 12.1 Å². The van der Waals surface area contributed by atoms with Crippen molar-refractivity contribution in [1.29, 1.82) is 0 Å². The molecule has 5 heteroatoms. The Balaban J connectivity index is 1.78. The maximum absolute atomic E-state index is 5.37. The monoisotopic (exact) mass is 270 g/mol. The Kier molecular flexibility index (Phi) is 3.67. The van der Waals surface area contributed by atoms with E-state index in [2.05, 4.69) is 38.8 Å². The van der Waals surface area contributed by atoms with Gasteiger partial charge in [0.2, 0.25) is 5.88 Å². The van der Waals surface area contributed by atoms with Gasteiger partial charge in [0.05, 0.1) is 6.61 Å². The Labute approximate surface area is 118 Å². The standard InChI is InChI=1S/C15H18N4O/c1-2-20-15-9-14(17-10-18-15)19-12-5-6-13-11(8-12)4-3-7-16-13/h5-6,8-10,16H,2-4,7H2,1H3,(H,17,18,19). The molecule has 0 radical (unpaired) electrons. The number of aryl methyl sites for hydroxylation is 1. The fourth-order valence-electron chi connectivity index (χ4n) is 2.34. The number of benzene rings is 1. The molecule has 3 rings (SSSR count). The van der Waals surface area contributed by atoms with Crippen LogP contribution in [0.3, 0.4) is 0 Å². The number of fused-ring (bicyclic) bond motifs is 1. The van der Waals surface area contributed by atoms with Crippen LogP contribution < -0.4 is 15.4 Å². The van der Waals surface area contributed by atoms with E-state index in [1.165, 1.54) is 24.0 Å². The first-order valence-electron chi connectivity index (χ1n) is 6.94. The predicted molar refractivity (Wildman–Crippen MR) is 79.7 cm³/mol. The summed E-state index contributed by atoms with van der Waals surface area (Å²) in [5.74, 6) is 1.33. The second kappa shape index (κ2) is 5.77. The number of ether oxygens (including phenoxy) is 1. The van der Waals surface area contributed by atoms with Crippen molar-refractivity contribution in [2.24, 2.45) is 0 Å². The number of hydrogen-bond acceptors (Lipinski definition) is 5. The molecule has 0 fully saturated rings. The molecule has 0 saturated carbocycles. The number of anilines is 3. The van der Waals surface area contributed by atoms with E-state index in [1.54, 1.807) is 6.07 Å². The van der Waals surface area contributed by atoms with Crippen LogP contribution in [0.25, 0.3) is 0 Å². The summed E-state index contributed by atoms with van der Waals surface area (Å²) >= 11 is 0. The van der Waals surface area contributed by atoms with E-state index in [-0.39, 0.29) is 0 Å². The summed E-state index contributed by atoms with van der Waals surface area (Å²) in [6.07, 6.45) is 3.80. The van der Waals surface area contributed by atoms with Gasteiger partial charge in [0.25, 0.3) is 0 Å². The molecule has 0 unspecified atom stereocenters. The van der Waals surface area contributed by atoms with E-state index in [4.69, 9.17) is 4.74 Å². The van der Waals surface area contributed by atoms with Crippen LogP contribution in [-0.4, -0.2) is 23.1 Å². The third kappa shape index (κ3) is 2.82. The first-order valence-corrected chi connectivity index (χ1v) is 6.94. The maximum atomic E-state index is 5.37. The minimum absolute atomic E-state index is 0.588. The van der Waals surface area contributed by atoms with Crippen LogP contribution in [0, 0.1) is 0 Å². The molecule has 1 aromatic heterocycles. The van der Waals surface area contributed by atoms with Crippen molar-refractivity contribution in [3.05, 3.63) is 36.2 Å². The molecule has 0 aliphatic carbocycles. The van der Waals surface area contributed by atoms with Crippen LogP contribution in [0.1, 0.15) is 18.9 Å². The lowest BCUT2D eigenvalue weighted by atomic mass is 10.0. The van der Waals surface area contributed by atoms with Crippen LogP contribution in [0.15, 0.2) is 30.6 Å². The third-order valence-electron chi connectivity index (χ3n) is 3.25. The van der Waals surface area contributed by atoms with Crippen molar-refractivity contribution < 1.29 is 4.74 Å². The van der Waals surface area contributed by atoms with Crippen molar-refractivity contribution in [2.75, 3.05) is 23.8 Å². The van der Waals surface area contributed by atoms with Gasteiger partial charge in [0.15, 0.2) is 0 Å². The zero-order valence-corrected chi connectivity index (χ0v) is 11.5. The third-order valence-corrected chi connectivity index (χ3v) is 3.25. The molecule has 0 bridgehead atoms. The molecule has 1 aliphatic rings.